The van der Waals surface area contributed by atoms with E-state index >= 15 is 0 Å². The minimum absolute atomic E-state index is 0.511. The second-order valence-electron chi connectivity index (χ2n) is 5.29. The van der Waals surface area contributed by atoms with Gasteiger partial charge in [-0.15, -0.1) is 22.7 Å². The van der Waals surface area contributed by atoms with Crippen molar-refractivity contribution in [2.75, 3.05) is 18.5 Å². The van der Waals surface area contributed by atoms with Crippen LogP contribution in [-0.2, 0) is 13.0 Å². The zero-order valence-electron chi connectivity index (χ0n) is 12.6. The fourth-order valence-electron chi connectivity index (χ4n) is 1.87. The molecule has 2 rings (SSSR count). The molecule has 0 radical (unpaired) electrons. The van der Waals surface area contributed by atoms with Crippen LogP contribution in [0.5, 0.6) is 0 Å². The molecule has 1 N–H and O–H groups in total. The summed E-state index contributed by atoms with van der Waals surface area (Å²) in [5, 5.41) is 6.72. The number of likely N-dealkylation sites (N-methyl/N-ethyl adjacent to an activating group) is 1. The molecule has 20 heavy (non-hydrogen) atoms. The summed E-state index contributed by atoms with van der Waals surface area (Å²) in [6.07, 6.45) is 1.09. The van der Waals surface area contributed by atoms with Crippen LogP contribution in [0.3, 0.4) is 0 Å². The highest BCUT2D eigenvalue weighted by atomic mass is 32.1. The average Bonchev–Trinajstić information content (AvgIpc) is 3.03. The van der Waals surface area contributed by atoms with Crippen LogP contribution in [-0.4, -0.2) is 24.6 Å². The van der Waals surface area contributed by atoms with Crippen molar-refractivity contribution in [2.24, 2.45) is 0 Å². The summed E-state index contributed by atoms with van der Waals surface area (Å²) >= 11 is 3.63. The fraction of sp³-hybridized carbons (Fsp3) is 0.533. The van der Waals surface area contributed by atoms with Gasteiger partial charge in [0, 0.05) is 35.9 Å². The van der Waals surface area contributed by atoms with E-state index in [2.05, 4.69) is 55.5 Å². The van der Waals surface area contributed by atoms with E-state index in [1.807, 2.05) is 11.3 Å². The molecule has 0 amide bonds. The van der Waals surface area contributed by atoms with E-state index in [0.29, 0.717) is 6.04 Å². The summed E-state index contributed by atoms with van der Waals surface area (Å²) in [4.78, 5) is 9.74. The maximum atomic E-state index is 4.70. The van der Waals surface area contributed by atoms with Crippen LogP contribution in [0.15, 0.2) is 17.5 Å². The molecule has 0 atom stereocenters. The number of hydrogen-bond acceptors (Lipinski definition) is 5. The lowest BCUT2D eigenvalue weighted by molar-refractivity contribution is 0.591. The minimum atomic E-state index is 0.511. The zero-order chi connectivity index (χ0) is 14.5. The molecule has 0 saturated carbocycles. The molecule has 0 spiro atoms. The molecule has 2 aromatic heterocycles. The lowest BCUT2D eigenvalue weighted by Gasteiger charge is -2.14. The van der Waals surface area contributed by atoms with Gasteiger partial charge in [-0.3, -0.25) is 0 Å². The first kappa shape index (κ1) is 15.5. The maximum Gasteiger partial charge on any atom is 0.185 e. The third kappa shape index (κ3) is 4.30. The quantitative estimate of drug-likeness (QED) is 0.845. The molecule has 110 valence electrons. The van der Waals surface area contributed by atoms with Crippen molar-refractivity contribution in [3.8, 4) is 0 Å². The van der Waals surface area contributed by atoms with Crippen LogP contribution in [0, 0.1) is 6.92 Å². The van der Waals surface area contributed by atoms with Crippen molar-refractivity contribution in [3.63, 3.8) is 0 Å². The van der Waals surface area contributed by atoms with Crippen molar-refractivity contribution in [2.45, 2.75) is 39.8 Å². The Morgan fingerprint density at radius 1 is 1.40 bits per heavy atom. The lowest BCUT2D eigenvalue weighted by Crippen LogP contribution is -2.21. The first-order valence-corrected chi connectivity index (χ1v) is 8.69. The smallest absolute Gasteiger partial charge is 0.185 e. The van der Waals surface area contributed by atoms with E-state index < -0.39 is 0 Å². The average molecular weight is 310 g/mol. The van der Waals surface area contributed by atoms with Gasteiger partial charge >= 0.3 is 0 Å². The van der Waals surface area contributed by atoms with Gasteiger partial charge in [0.1, 0.15) is 0 Å². The number of thiazole rings is 1. The fourth-order valence-corrected chi connectivity index (χ4v) is 3.56. The number of aromatic nitrogens is 1. The second-order valence-corrected chi connectivity index (χ2v) is 7.39. The highest BCUT2D eigenvalue weighted by Crippen LogP contribution is 2.25. The highest BCUT2D eigenvalue weighted by Gasteiger charge is 2.11. The van der Waals surface area contributed by atoms with Crippen molar-refractivity contribution in [1.82, 2.24) is 10.3 Å². The third-order valence-corrected chi connectivity index (χ3v) is 5.36. The van der Waals surface area contributed by atoms with Crippen molar-refractivity contribution < 1.29 is 0 Å². The molecule has 0 aromatic carbocycles. The topological polar surface area (TPSA) is 28.2 Å². The Morgan fingerprint density at radius 3 is 2.85 bits per heavy atom. The summed E-state index contributed by atoms with van der Waals surface area (Å²) in [5.74, 6) is 0. The Morgan fingerprint density at radius 2 is 2.20 bits per heavy atom. The number of nitrogens with zero attached hydrogens (tertiary/aromatic N) is 2. The first-order valence-electron chi connectivity index (χ1n) is 6.99. The Kier molecular flexibility index (Phi) is 5.57. The standard InChI is InChI=1S/C15H23N3S2/c1-11(2)16-10-14-12(3)17-15(20-14)18(4)8-7-13-6-5-9-19-13/h5-6,9,11,16H,7-8,10H2,1-4H3. The van der Waals surface area contributed by atoms with Gasteiger partial charge in [0.2, 0.25) is 0 Å². The zero-order valence-corrected chi connectivity index (χ0v) is 14.3. The van der Waals surface area contributed by atoms with E-state index in [9.17, 15) is 0 Å². The molecule has 2 heterocycles. The number of aryl methyl sites for hydroxylation is 1. The summed E-state index contributed by atoms with van der Waals surface area (Å²) in [6.45, 7) is 8.38. The normalized spacial score (nSPS) is 11.2. The minimum Gasteiger partial charge on any atom is -0.351 e. The molecule has 0 unspecified atom stereocenters. The van der Waals surface area contributed by atoms with Crippen molar-refractivity contribution >= 4 is 27.8 Å². The van der Waals surface area contributed by atoms with E-state index in [-0.39, 0.29) is 0 Å². The van der Waals surface area contributed by atoms with Gasteiger partial charge in [-0.05, 0) is 24.8 Å². The van der Waals surface area contributed by atoms with Gasteiger partial charge in [-0.25, -0.2) is 4.98 Å². The summed E-state index contributed by atoms with van der Waals surface area (Å²) in [5.41, 5.74) is 1.15. The SMILES string of the molecule is Cc1nc(N(C)CCc2cccs2)sc1CNC(C)C. The van der Waals surface area contributed by atoms with Crippen LogP contribution in [0.4, 0.5) is 5.13 Å². The first-order chi connectivity index (χ1) is 9.56. The summed E-state index contributed by atoms with van der Waals surface area (Å²) in [7, 11) is 2.13. The number of nitrogens with one attached hydrogen (secondary N) is 1. The molecular formula is C15H23N3S2. The molecule has 0 fully saturated rings. The van der Waals surface area contributed by atoms with Crippen LogP contribution < -0.4 is 10.2 Å². The van der Waals surface area contributed by atoms with E-state index in [0.717, 1.165) is 30.3 Å². The number of hydrogen-bond donors (Lipinski definition) is 1. The van der Waals surface area contributed by atoms with Gasteiger partial charge in [0.05, 0.1) is 5.69 Å². The molecule has 0 bridgehead atoms. The van der Waals surface area contributed by atoms with Crippen LogP contribution >= 0.6 is 22.7 Å². The predicted molar refractivity (Wildman–Crippen MR) is 90.1 cm³/mol. The van der Waals surface area contributed by atoms with E-state index in [1.54, 1.807) is 11.3 Å². The van der Waals surface area contributed by atoms with Gasteiger partial charge in [-0.1, -0.05) is 19.9 Å². The van der Waals surface area contributed by atoms with Gasteiger partial charge in [0.15, 0.2) is 5.13 Å². The molecule has 3 nitrogen and oxygen atoms in total. The molecular weight excluding hydrogens is 286 g/mol. The van der Waals surface area contributed by atoms with Crippen molar-refractivity contribution in [3.05, 3.63) is 33.0 Å². The summed E-state index contributed by atoms with van der Waals surface area (Å²) < 4.78 is 0. The van der Waals surface area contributed by atoms with Crippen molar-refractivity contribution in [1.29, 1.82) is 0 Å². The molecule has 0 aliphatic heterocycles. The lowest BCUT2D eigenvalue weighted by atomic mass is 10.3. The van der Waals surface area contributed by atoms with Gasteiger partial charge in [-0.2, -0.15) is 0 Å². The molecule has 0 saturated heterocycles. The predicted octanol–water partition coefficient (Wildman–Crippen LogP) is 3.69. The monoisotopic (exact) mass is 309 g/mol. The number of thiophene rings is 1. The Bertz CT molecular complexity index is 517. The Hall–Kier alpha value is -0.910. The Balaban J connectivity index is 1.92. The Labute approximate surface area is 129 Å². The number of anilines is 1. The molecule has 5 heteroatoms. The van der Waals surface area contributed by atoms with Gasteiger partial charge < -0.3 is 10.2 Å². The van der Waals surface area contributed by atoms with E-state index in [4.69, 9.17) is 4.98 Å². The largest absolute Gasteiger partial charge is 0.351 e. The summed E-state index contributed by atoms with van der Waals surface area (Å²) in [6, 6.07) is 4.82. The van der Waals surface area contributed by atoms with Crippen LogP contribution in [0.2, 0.25) is 0 Å². The van der Waals surface area contributed by atoms with Crippen LogP contribution in [0.1, 0.15) is 29.3 Å². The second kappa shape index (κ2) is 7.20. The van der Waals surface area contributed by atoms with Crippen LogP contribution in [0.25, 0.3) is 0 Å². The third-order valence-electron chi connectivity index (χ3n) is 3.15. The maximum absolute atomic E-state index is 4.70. The molecule has 0 aliphatic carbocycles. The number of rotatable bonds is 7. The van der Waals surface area contributed by atoms with Gasteiger partial charge in [0.25, 0.3) is 0 Å². The highest BCUT2D eigenvalue weighted by molar-refractivity contribution is 7.15. The molecule has 0 aliphatic rings. The molecule has 2 aromatic rings. The van der Waals surface area contributed by atoms with E-state index in [1.165, 1.54) is 9.75 Å².